The topological polar surface area (TPSA) is 42.6 Å². The Morgan fingerprint density at radius 1 is 1.05 bits per heavy atom. The highest BCUT2D eigenvalue weighted by Gasteiger charge is 2.06. The average molecular weight is 255 g/mol. The second kappa shape index (κ2) is 4.65. The summed E-state index contributed by atoms with van der Waals surface area (Å²) in [6, 6.07) is 12.3. The van der Waals surface area contributed by atoms with Crippen molar-refractivity contribution in [2.24, 2.45) is 5.18 Å². The van der Waals surface area contributed by atoms with E-state index in [-0.39, 0.29) is 6.54 Å². The number of rotatable bonds is 3. The Balaban J connectivity index is 2.05. The summed E-state index contributed by atoms with van der Waals surface area (Å²) >= 11 is 0. The van der Waals surface area contributed by atoms with Crippen molar-refractivity contribution in [3.63, 3.8) is 0 Å². The van der Waals surface area contributed by atoms with E-state index >= 15 is 0 Å². The van der Waals surface area contributed by atoms with Gasteiger partial charge in [0, 0.05) is 10.9 Å². The summed E-state index contributed by atoms with van der Waals surface area (Å²) in [4.78, 5) is 10.2. The SMILES string of the molecule is O=NCc1ccc(-c2ccc3occc3c2)cc1F. The van der Waals surface area contributed by atoms with E-state index in [2.05, 4.69) is 5.18 Å². The molecule has 0 unspecified atom stereocenters. The van der Waals surface area contributed by atoms with Gasteiger partial charge in [-0.25, -0.2) is 4.39 Å². The molecule has 1 heterocycles. The first-order chi connectivity index (χ1) is 9.28. The minimum atomic E-state index is -0.413. The van der Waals surface area contributed by atoms with Crippen LogP contribution in [0.15, 0.2) is 58.3 Å². The Hall–Kier alpha value is -2.49. The van der Waals surface area contributed by atoms with Crippen molar-refractivity contribution >= 4 is 11.0 Å². The van der Waals surface area contributed by atoms with Crippen LogP contribution in [0, 0.1) is 10.7 Å². The molecule has 0 fully saturated rings. The molecule has 94 valence electrons. The molecule has 0 aliphatic rings. The van der Waals surface area contributed by atoms with Crippen molar-refractivity contribution in [2.45, 2.75) is 6.54 Å². The van der Waals surface area contributed by atoms with Crippen LogP contribution in [0.25, 0.3) is 22.1 Å². The zero-order valence-corrected chi connectivity index (χ0v) is 9.97. The third-order valence-corrected chi connectivity index (χ3v) is 3.07. The monoisotopic (exact) mass is 255 g/mol. The van der Waals surface area contributed by atoms with Gasteiger partial charge in [-0.2, -0.15) is 4.91 Å². The summed E-state index contributed by atoms with van der Waals surface area (Å²) in [6.45, 7) is -0.146. The van der Waals surface area contributed by atoms with Crippen molar-refractivity contribution in [2.75, 3.05) is 0 Å². The predicted octanol–water partition coefficient (Wildman–Crippen LogP) is 4.51. The molecule has 3 aromatic rings. The molecule has 0 aliphatic carbocycles. The Morgan fingerprint density at radius 2 is 1.84 bits per heavy atom. The number of hydrogen-bond donors (Lipinski definition) is 0. The summed E-state index contributed by atoms with van der Waals surface area (Å²) in [7, 11) is 0. The van der Waals surface area contributed by atoms with E-state index in [4.69, 9.17) is 4.42 Å². The fourth-order valence-electron chi connectivity index (χ4n) is 2.07. The number of nitrogens with zero attached hydrogens (tertiary/aromatic N) is 1. The van der Waals surface area contributed by atoms with Gasteiger partial charge in [-0.05, 0) is 35.4 Å². The van der Waals surface area contributed by atoms with Crippen molar-refractivity contribution < 1.29 is 8.81 Å². The molecule has 0 amide bonds. The number of fused-ring (bicyclic) bond motifs is 1. The van der Waals surface area contributed by atoms with E-state index in [9.17, 15) is 9.30 Å². The second-order valence-corrected chi connectivity index (χ2v) is 4.27. The van der Waals surface area contributed by atoms with Crippen molar-refractivity contribution in [3.05, 3.63) is 65.0 Å². The van der Waals surface area contributed by atoms with Crippen LogP contribution in [0.2, 0.25) is 0 Å². The highest BCUT2D eigenvalue weighted by molar-refractivity contribution is 5.83. The van der Waals surface area contributed by atoms with Crippen LogP contribution >= 0.6 is 0 Å². The summed E-state index contributed by atoms with van der Waals surface area (Å²) in [5.74, 6) is -0.413. The Kier molecular flexibility index (Phi) is 2.83. The first-order valence-corrected chi connectivity index (χ1v) is 5.83. The molecule has 19 heavy (non-hydrogen) atoms. The Bertz CT molecular complexity index is 749. The summed E-state index contributed by atoms with van der Waals surface area (Å²) in [6.07, 6.45) is 1.62. The standard InChI is InChI=1S/C15H10FNO2/c16-14-8-11(1-2-13(14)9-17-18)10-3-4-15-12(7-10)5-6-19-15/h1-8H,9H2. The number of hydrogen-bond acceptors (Lipinski definition) is 3. The molecule has 1 aromatic heterocycles. The highest BCUT2D eigenvalue weighted by atomic mass is 19.1. The third kappa shape index (κ3) is 2.12. The van der Waals surface area contributed by atoms with E-state index in [1.807, 2.05) is 24.3 Å². The van der Waals surface area contributed by atoms with Gasteiger partial charge in [0.1, 0.15) is 17.9 Å². The molecular weight excluding hydrogens is 245 g/mol. The summed E-state index contributed by atoms with van der Waals surface area (Å²) in [5, 5.41) is 3.67. The normalized spacial score (nSPS) is 10.8. The minimum Gasteiger partial charge on any atom is -0.464 e. The molecule has 3 rings (SSSR count). The first kappa shape index (κ1) is 11.6. The Labute approximate surface area is 108 Å². The second-order valence-electron chi connectivity index (χ2n) is 4.27. The molecule has 0 saturated carbocycles. The van der Waals surface area contributed by atoms with E-state index in [0.717, 1.165) is 22.1 Å². The van der Waals surface area contributed by atoms with Crippen LogP contribution in [0.3, 0.4) is 0 Å². The van der Waals surface area contributed by atoms with Crippen LogP contribution in [0.4, 0.5) is 4.39 Å². The first-order valence-electron chi connectivity index (χ1n) is 5.83. The lowest BCUT2D eigenvalue weighted by Crippen LogP contribution is -1.89. The van der Waals surface area contributed by atoms with E-state index < -0.39 is 5.82 Å². The molecule has 2 aromatic carbocycles. The molecule has 0 N–H and O–H groups in total. The van der Waals surface area contributed by atoms with Gasteiger partial charge in [0.2, 0.25) is 0 Å². The number of furan rings is 1. The zero-order chi connectivity index (χ0) is 13.2. The van der Waals surface area contributed by atoms with Crippen molar-refractivity contribution in [3.8, 4) is 11.1 Å². The number of halogens is 1. The molecule has 0 aliphatic heterocycles. The van der Waals surface area contributed by atoms with Crippen LogP contribution < -0.4 is 0 Å². The van der Waals surface area contributed by atoms with Crippen LogP contribution in [0.1, 0.15) is 5.56 Å². The molecule has 3 nitrogen and oxygen atoms in total. The molecule has 0 spiro atoms. The Morgan fingerprint density at radius 3 is 2.63 bits per heavy atom. The van der Waals surface area contributed by atoms with Gasteiger partial charge in [-0.15, -0.1) is 0 Å². The third-order valence-electron chi connectivity index (χ3n) is 3.07. The summed E-state index contributed by atoms with van der Waals surface area (Å²) in [5.41, 5.74) is 2.77. The fourth-order valence-corrected chi connectivity index (χ4v) is 2.07. The fraction of sp³-hybridized carbons (Fsp3) is 0.0667. The molecule has 0 saturated heterocycles. The molecular formula is C15H10FNO2. The maximum absolute atomic E-state index is 13.8. The lowest BCUT2D eigenvalue weighted by Gasteiger charge is -2.04. The summed E-state index contributed by atoms with van der Waals surface area (Å²) < 4.78 is 19.0. The molecule has 0 atom stereocenters. The van der Waals surface area contributed by atoms with Gasteiger partial charge in [-0.3, -0.25) is 0 Å². The minimum absolute atomic E-state index is 0.146. The molecule has 0 bridgehead atoms. The average Bonchev–Trinajstić information content (AvgIpc) is 2.88. The van der Waals surface area contributed by atoms with Gasteiger partial charge in [0.15, 0.2) is 0 Å². The van der Waals surface area contributed by atoms with Gasteiger partial charge >= 0.3 is 0 Å². The molecule has 4 heteroatoms. The van der Waals surface area contributed by atoms with Gasteiger partial charge in [-0.1, -0.05) is 23.4 Å². The quantitative estimate of drug-likeness (QED) is 0.646. The van der Waals surface area contributed by atoms with E-state index in [1.54, 1.807) is 18.4 Å². The van der Waals surface area contributed by atoms with Gasteiger partial charge < -0.3 is 4.42 Å². The van der Waals surface area contributed by atoms with Gasteiger partial charge in [0.25, 0.3) is 0 Å². The molecule has 0 radical (unpaired) electrons. The largest absolute Gasteiger partial charge is 0.464 e. The van der Waals surface area contributed by atoms with Gasteiger partial charge in [0.05, 0.1) is 6.26 Å². The highest BCUT2D eigenvalue weighted by Crippen LogP contribution is 2.26. The smallest absolute Gasteiger partial charge is 0.133 e. The number of nitroso groups, excluding NO2 is 1. The number of benzene rings is 2. The van der Waals surface area contributed by atoms with E-state index in [0.29, 0.717) is 5.56 Å². The predicted molar refractivity (Wildman–Crippen MR) is 71.1 cm³/mol. The zero-order valence-electron chi connectivity index (χ0n) is 9.97. The maximum atomic E-state index is 13.8. The van der Waals surface area contributed by atoms with Crippen molar-refractivity contribution in [1.29, 1.82) is 0 Å². The lowest BCUT2D eigenvalue weighted by molar-refractivity contribution is 0.611. The van der Waals surface area contributed by atoms with Crippen LogP contribution in [-0.2, 0) is 6.54 Å². The lowest BCUT2D eigenvalue weighted by atomic mass is 10.0. The van der Waals surface area contributed by atoms with E-state index in [1.165, 1.54) is 6.07 Å². The van der Waals surface area contributed by atoms with Crippen LogP contribution in [0.5, 0.6) is 0 Å². The maximum Gasteiger partial charge on any atom is 0.133 e. The van der Waals surface area contributed by atoms with Crippen LogP contribution in [-0.4, -0.2) is 0 Å². The van der Waals surface area contributed by atoms with Crippen molar-refractivity contribution in [1.82, 2.24) is 0 Å².